The van der Waals surface area contributed by atoms with E-state index in [9.17, 15) is 18.7 Å². The van der Waals surface area contributed by atoms with E-state index >= 15 is 0 Å². The van der Waals surface area contributed by atoms with Crippen LogP contribution in [0.15, 0.2) is 30.3 Å². The van der Waals surface area contributed by atoms with Crippen LogP contribution in [-0.4, -0.2) is 48.3 Å². The summed E-state index contributed by atoms with van der Waals surface area (Å²) in [4.78, 5) is 14.3. The summed E-state index contributed by atoms with van der Waals surface area (Å²) < 4.78 is 34.7. The molecular weight excluding hydrogens is 519 g/mol. The van der Waals surface area contributed by atoms with Crippen molar-refractivity contribution in [3.05, 3.63) is 51.1 Å². The number of nitrogens with one attached hydrogen (secondary N) is 1. The predicted octanol–water partition coefficient (Wildman–Crippen LogP) is 4.03. The van der Waals surface area contributed by atoms with Crippen molar-refractivity contribution in [2.75, 3.05) is 31.6 Å². The average Bonchev–Trinajstić information content (AvgIpc) is 2.70. The van der Waals surface area contributed by atoms with Crippen molar-refractivity contribution in [2.24, 2.45) is 5.73 Å². The molecule has 1 atom stereocenters. The lowest BCUT2D eigenvalue weighted by Crippen LogP contribution is -2.36. The van der Waals surface area contributed by atoms with Gasteiger partial charge in [-0.15, -0.1) is 0 Å². The number of nitrogens with two attached hydrogens (primary N) is 1. The maximum absolute atomic E-state index is 14.2. The molecule has 1 heterocycles. The lowest BCUT2D eigenvalue weighted by Gasteiger charge is -2.28. The van der Waals surface area contributed by atoms with Crippen molar-refractivity contribution in [1.29, 1.82) is 0 Å². The van der Waals surface area contributed by atoms with Gasteiger partial charge in [-0.3, -0.25) is 4.79 Å². The number of benzene rings is 2. The highest BCUT2D eigenvalue weighted by molar-refractivity contribution is 14.1. The molecule has 0 radical (unpaired) electrons. The molecule has 1 saturated heterocycles. The van der Waals surface area contributed by atoms with E-state index in [0.29, 0.717) is 16.5 Å². The van der Waals surface area contributed by atoms with E-state index < -0.39 is 23.6 Å². The molecule has 0 aromatic heterocycles. The molecule has 0 unspecified atom stereocenters. The molecule has 0 saturated carbocycles. The quantitative estimate of drug-likeness (QED) is 0.415. The molecular formula is C22H26F2IN3O3. The van der Waals surface area contributed by atoms with Gasteiger partial charge < -0.3 is 25.8 Å². The number of anilines is 2. The van der Waals surface area contributed by atoms with Crippen molar-refractivity contribution < 1.29 is 23.4 Å². The SMILES string of the molecule is NC(=O)c1c(Nc2ccc(I)cc2F)cc(F)cc1OCC[C@@H](O)CN1CCCCC1. The summed E-state index contributed by atoms with van der Waals surface area (Å²) in [5.74, 6) is -2.10. The van der Waals surface area contributed by atoms with Gasteiger partial charge in [0, 0.05) is 22.6 Å². The number of ether oxygens (including phenoxy) is 1. The summed E-state index contributed by atoms with van der Waals surface area (Å²) in [7, 11) is 0. The van der Waals surface area contributed by atoms with Gasteiger partial charge in [-0.2, -0.15) is 0 Å². The standard InChI is InChI=1S/C22H26F2IN3O3/c23-14-10-19(27-18-5-4-15(25)12-17(18)24)21(22(26)30)20(11-14)31-9-6-16(29)13-28-7-2-1-3-8-28/h4-5,10-12,16,27,29H,1-3,6-9,13H2,(H2,26,30)/t16-/m1/s1. The average molecular weight is 545 g/mol. The van der Waals surface area contributed by atoms with E-state index in [1.807, 2.05) is 22.6 Å². The number of amides is 1. The number of carbonyl (C=O) groups excluding carboxylic acids is 1. The highest BCUT2D eigenvalue weighted by Gasteiger charge is 2.20. The monoisotopic (exact) mass is 545 g/mol. The largest absolute Gasteiger partial charge is 0.492 e. The van der Waals surface area contributed by atoms with Crippen molar-refractivity contribution >= 4 is 39.9 Å². The zero-order valence-electron chi connectivity index (χ0n) is 17.0. The van der Waals surface area contributed by atoms with E-state index in [0.717, 1.165) is 38.1 Å². The number of nitrogens with zero attached hydrogens (tertiary/aromatic N) is 1. The molecule has 0 bridgehead atoms. The van der Waals surface area contributed by atoms with Gasteiger partial charge in [0.25, 0.3) is 5.91 Å². The van der Waals surface area contributed by atoms with Gasteiger partial charge in [-0.05, 0) is 72.8 Å². The molecule has 3 rings (SSSR count). The normalized spacial score (nSPS) is 15.5. The molecule has 1 amide bonds. The van der Waals surface area contributed by atoms with Crippen molar-refractivity contribution in [1.82, 2.24) is 4.90 Å². The van der Waals surface area contributed by atoms with E-state index in [4.69, 9.17) is 10.5 Å². The molecule has 0 aliphatic carbocycles. The minimum Gasteiger partial charge on any atom is -0.492 e. The minimum atomic E-state index is -0.836. The number of aliphatic hydroxyl groups excluding tert-OH is 1. The molecule has 2 aromatic carbocycles. The Morgan fingerprint density at radius 2 is 1.94 bits per heavy atom. The zero-order valence-corrected chi connectivity index (χ0v) is 19.2. The van der Waals surface area contributed by atoms with Crippen LogP contribution in [0.2, 0.25) is 0 Å². The Morgan fingerprint density at radius 1 is 1.19 bits per heavy atom. The van der Waals surface area contributed by atoms with Crippen molar-refractivity contribution in [3.8, 4) is 5.75 Å². The van der Waals surface area contributed by atoms with Gasteiger partial charge >= 0.3 is 0 Å². The molecule has 0 spiro atoms. The van der Waals surface area contributed by atoms with Gasteiger partial charge in [-0.1, -0.05) is 6.42 Å². The molecule has 9 heteroatoms. The van der Waals surface area contributed by atoms with Gasteiger partial charge in [0.1, 0.15) is 22.9 Å². The first-order valence-electron chi connectivity index (χ1n) is 10.2. The number of piperidine rings is 1. The predicted molar refractivity (Wildman–Crippen MR) is 124 cm³/mol. The van der Waals surface area contributed by atoms with Crippen LogP contribution in [0.3, 0.4) is 0 Å². The lowest BCUT2D eigenvalue weighted by atomic mass is 10.1. The second-order valence-corrected chi connectivity index (χ2v) is 8.84. The molecule has 2 aromatic rings. The fraction of sp³-hybridized carbons (Fsp3) is 0.409. The number of β-amino-alcohol motifs (C(OH)–C–C–N with tert-alkyl or cyclic N) is 1. The Labute approximate surface area is 193 Å². The number of primary amides is 1. The minimum absolute atomic E-state index is 0.0106. The summed E-state index contributed by atoms with van der Waals surface area (Å²) in [5.41, 5.74) is 5.52. The summed E-state index contributed by atoms with van der Waals surface area (Å²) in [6, 6.07) is 6.61. The second-order valence-electron chi connectivity index (χ2n) is 7.59. The van der Waals surface area contributed by atoms with Crippen LogP contribution >= 0.6 is 22.6 Å². The third kappa shape index (κ3) is 6.75. The molecule has 6 nitrogen and oxygen atoms in total. The summed E-state index contributed by atoms with van der Waals surface area (Å²) in [6.45, 7) is 2.57. The van der Waals surface area contributed by atoms with E-state index in [2.05, 4.69) is 10.2 Å². The zero-order chi connectivity index (χ0) is 22.4. The molecule has 4 N–H and O–H groups in total. The Balaban J connectivity index is 1.70. The van der Waals surface area contributed by atoms with Crippen LogP contribution < -0.4 is 15.8 Å². The second kappa shape index (κ2) is 11.1. The van der Waals surface area contributed by atoms with Crippen LogP contribution in [-0.2, 0) is 0 Å². The first-order chi connectivity index (χ1) is 14.8. The maximum atomic E-state index is 14.2. The van der Waals surface area contributed by atoms with Gasteiger partial charge in [0.05, 0.1) is 24.1 Å². The van der Waals surface area contributed by atoms with Gasteiger partial charge in [0.2, 0.25) is 0 Å². The number of hydrogen-bond acceptors (Lipinski definition) is 5. The van der Waals surface area contributed by atoms with Crippen LogP contribution in [0.1, 0.15) is 36.0 Å². The van der Waals surface area contributed by atoms with Gasteiger partial charge in [-0.25, -0.2) is 8.78 Å². The topological polar surface area (TPSA) is 87.8 Å². The lowest BCUT2D eigenvalue weighted by molar-refractivity contribution is 0.0823. The number of aliphatic hydroxyl groups is 1. The highest BCUT2D eigenvalue weighted by Crippen LogP contribution is 2.32. The summed E-state index contributed by atoms with van der Waals surface area (Å²) >= 11 is 1.97. The van der Waals surface area contributed by atoms with Crippen LogP contribution in [0.25, 0.3) is 0 Å². The molecule has 1 aliphatic rings. The first-order valence-corrected chi connectivity index (χ1v) is 11.3. The third-order valence-electron chi connectivity index (χ3n) is 5.14. The Kier molecular flexibility index (Phi) is 8.44. The third-order valence-corrected chi connectivity index (χ3v) is 5.81. The molecule has 31 heavy (non-hydrogen) atoms. The maximum Gasteiger partial charge on any atom is 0.254 e. The molecule has 168 valence electrons. The number of hydrogen-bond donors (Lipinski definition) is 3. The van der Waals surface area contributed by atoms with E-state index in [1.54, 1.807) is 6.07 Å². The molecule has 1 aliphatic heterocycles. The van der Waals surface area contributed by atoms with E-state index in [1.165, 1.54) is 18.6 Å². The fourth-order valence-electron chi connectivity index (χ4n) is 3.62. The van der Waals surface area contributed by atoms with E-state index in [-0.39, 0.29) is 29.3 Å². The van der Waals surface area contributed by atoms with Crippen molar-refractivity contribution in [2.45, 2.75) is 31.8 Å². The Morgan fingerprint density at radius 3 is 2.61 bits per heavy atom. The summed E-state index contributed by atoms with van der Waals surface area (Å²) in [6.07, 6.45) is 3.20. The number of likely N-dealkylation sites (tertiary alicyclic amines) is 1. The number of carbonyl (C=O) groups is 1. The summed E-state index contributed by atoms with van der Waals surface area (Å²) in [5, 5.41) is 13.0. The van der Waals surface area contributed by atoms with Crippen LogP contribution in [0.5, 0.6) is 5.75 Å². The molecule has 1 fully saturated rings. The Hall–Kier alpha value is -1.98. The number of halogens is 3. The first kappa shape index (κ1) is 23.7. The highest BCUT2D eigenvalue weighted by atomic mass is 127. The van der Waals surface area contributed by atoms with Crippen LogP contribution in [0.4, 0.5) is 20.2 Å². The Bertz CT molecular complexity index is 923. The smallest absolute Gasteiger partial charge is 0.254 e. The fourth-order valence-corrected chi connectivity index (χ4v) is 4.07. The van der Waals surface area contributed by atoms with Crippen molar-refractivity contribution in [3.63, 3.8) is 0 Å². The van der Waals surface area contributed by atoms with Crippen LogP contribution in [0, 0.1) is 15.2 Å². The van der Waals surface area contributed by atoms with Gasteiger partial charge in [0.15, 0.2) is 0 Å². The number of rotatable bonds is 9.